The number of hydrogen-bond acceptors (Lipinski definition) is 3. The van der Waals surface area contributed by atoms with Crippen LogP contribution in [0.15, 0.2) is 53.4 Å². The zero-order valence-electron chi connectivity index (χ0n) is 13.8. The molecule has 0 spiro atoms. The number of imidazole rings is 1. The summed E-state index contributed by atoms with van der Waals surface area (Å²) in [6, 6.07) is 12.3. The van der Waals surface area contributed by atoms with E-state index in [0.717, 1.165) is 22.6 Å². The van der Waals surface area contributed by atoms with Gasteiger partial charge in [0.15, 0.2) is 0 Å². The van der Waals surface area contributed by atoms with Gasteiger partial charge >= 0.3 is 0 Å². The van der Waals surface area contributed by atoms with Gasteiger partial charge in [0.1, 0.15) is 11.6 Å². The van der Waals surface area contributed by atoms with Crippen molar-refractivity contribution in [2.45, 2.75) is 24.7 Å². The highest BCUT2D eigenvalue weighted by atomic mass is 32.2. The number of rotatable bonds is 4. The van der Waals surface area contributed by atoms with Gasteiger partial charge in [0.2, 0.25) is 10.0 Å². The number of benzene rings is 2. The summed E-state index contributed by atoms with van der Waals surface area (Å²) in [4.78, 5) is 7.97. The molecule has 5 nitrogen and oxygen atoms in total. The molecule has 130 valence electrons. The van der Waals surface area contributed by atoms with Gasteiger partial charge in [-0.3, -0.25) is 0 Å². The molecule has 7 heteroatoms. The second-order valence-corrected chi connectivity index (χ2v) is 7.64. The average Bonchev–Trinajstić information content (AvgIpc) is 3.00. The van der Waals surface area contributed by atoms with Crippen molar-refractivity contribution in [2.24, 2.45) is 5.14 Å². The number of primary sulfonamides is 1. The van der Waals surface area contributed by atoms with Crippen molar-refractivity contribution in [2.75, 3.05) is 0 Å². The third kappa shape index (κ3) is 3.62. The number of halogens is 1. The van der Waals surface area contributed by atoms with E-state index in [1.807, 2.05) is 13.8 Å². The number of aromatic nitrogens is 2. The number of H-pyrrole nitrogens is 1. The van der Waals surface area contributed by atoms with Crippen molar-refractivity contribution in [3.8, 4) is 22.5 Å². The molecule has 1 heterocycles. The van der Waals surface area contributed by atoms with Gasteiger partial charge in [-0.15, -0.1) is 0 Å². The van der Waals surface area contributed by atoms with Gasteiger partial charge in [-0.2, -0.15) is 0 Å². The summed E-state index contributed by atoms with van der Waals surface area (Å²) in [7, 11) is -3.75. The van der Waals surface area contributed by atoms with Gasteiger partial charge in [-0.05, 0) is 36.4 Å². The topological polar surface area (TPSA) is 88.8 Å². The van der Waals surface area contributed by atoms with Crippen LogP contribution in [0.2, 0.25) is 0 Å². The lowest BCUT2D eigenvalue weighted by molar-refractivity contribution is 0.598. The van der Waals surface area contributed by atoms with E-state index in [2.05, 4.69) is 9.97 Å². The van der Waals surface area contributed by atoms with E-state index in [4.69, 9.17) is 5.14 Å². The minimum atomic E-state index is -3.75. The van der Waals surface area contributed by atoms with Crippen molar-refractivity contribution in [1.29, 1.82) is 0 Å². The number of hydrogen-bond donors (Lipinski definition) is 2. The van der Waals surface area contributed by atoms with Crippen molar-refractivity contribution < 1.29 is 12.8 Å². The standard InChI is InChI=1S/C18H18FN3O2S/c1-11(2)18-21-16(12-3-7-14(19)8-4-12)17(22-18)13-5-9-15(10-6-13)25(20,23)24/h3-11H,1-2H3,(H,21,22)(H2,20,23,24). The molecule has 0 atom stereocenters. The van der Waals surface area contributed by atoms with Crippen LogP contribution in [-0.2, 0) is 10.0 Å². The van der Waals surface area contributed by atoms with Gasteiger partial charge in [0, 0.05) is 17.0 Å². The lowest BCUT2D eigenvalue weighted by atomic mass is 10.1. The summed E-state index contributed by atoms with van der Waals surface area (Å²) in [6.45, 7) is 4.03. The Bertz CT molecular complexity index is 992. The Balaban J connectivity index is 2.13. The minimum Gasteiger partial charge on any atom is -0.341 e. The number of nitrogens with zero attached hydrogens (tertiary/aromatic N) is 1. The molecule has 0 fully saturated rings. The highest BCUT2D eigenvalue weighted by Crippen LogP contribution is 2.32. The van der Waals surface area contributed by atoms with Gasteiger partial charge in [-0.1, -0.05) is 26.0 Å². The lowest BCUT2D eigenvalue weighted by Crippen LogP contribution is -2.11. The smallest absolute Gasteiger partial charge is 0.238 e. The van der Waals surface area contributed by atoms with Crippen LogP contribution in [0.1, 0.15) is 25.6 Å². The van der Waals surface area contributed by atoms with Crippen LogP contribution in [0.5, 0.6) is 0 Å². The fourth-order valence-electron chi connectivity index (χ4n) is 2.50. The van der Waals surface area contributed by atoms with Crippen LogP contribution in [0.4, 0.5) is 4.39 Å². The molecule has 3 aromatic rings. The van der Waals surface area contributed by atoms with E-state index in [9.17, 15) is 12.8 Å². The van der Waals surface area contributed by atoms with E-state index < -0.39 is 10.0 Å². The van der Waals surface area contributed by atoms with Crippen LogP contribution < -0.4 is 5.14 Å². The van der Waals surface area contributed by atoms with Crippen LogP contribution in [-0.4, -0.2) is 18.4 Å². The molecular formula is C18H18FN3O2S. The van der Waals surface area contributed by atoms with E-state index in [-0.39, 0.29) is 16.6 Å². The van der Waals surface area contributed by atoms with E-state index in [0.29, 0.717) is 5.69 Å². The summed E-state index contributed by atoms with van der Waals surface area (Å²) in [5.41, 5.74) is 2.98. The number of nitrogens with two attached hydrogens (primary N) is 1. The summed E-state index contributed by atoms with van der Waals surface area (Å²) < 4.78 is 36.1. The maximum atomic E-state index is 13.2. The van der Waals surface area contributed by atoms with Crippen LogP contribution >= 0.6 is 0 Å². The fraction of sp³-hybridized carbons (Fsp3) is 0.167. The van der Waals surface area contributed by atoms with Gasteiger partial charge < -0.3 is 4.98 Å². The van der Waals surface area contributed by atoms with Crippen LogP contribution in [0.3, 0.4) is 0 Å². The molecule has 1 aromatic heterocycles. The Morgan fingerprint density at radius 1 is 1.00 bits per heavy atom. The Labute approximate surface area is 145 Å². The molecule has 25 heavy (non-hydrogen) atoms. The predicted octanol–water partition coefficient (Wildman–Crippen LogP) is 3.65. The Hall–Kier alpha value is -2.51. The molecule has 0 saturated heterocycles. The van der Waals surface area contributed by atoms with E-state index >= 15 is 0 Å². The first-order chi connectivity index (χ1) is 11.8. The molecule has 0 radical (unpaired) electrons. The van der Waals surface area contributed by atoms with Crippen LogP contribution in [0, 0.1) is 5.82 Å². The van der Waals surface area contributed by atoms with Crippen molar-refractivity contribution in [3.63, 3.8) is 0 Å². The predicted molar refractivity (Wildman–Crippen MR) is 94.9 cm³/mol. The van der Waals surface area contributed by atoms with E-state index in [1.165, 1.54) is 24.3 Å². The van der Waals surface area contributed by atoms with Crippen molar-refractivity contribution in [3.05, 3.63) is 60.2 Å². The molecule has 2 aromatic carbocycles. The Morgan fingerprint density at radius 2 is 1.56 bits per heavy atom. The maximum Gasteiger partial charge on any atom is 0.238 e. The first-order valence-electron chi connectivity index (χ1n) is 7.75. The number of sulfonamides is 1. The first kappa shape index (κ1) is 17.3. The highest BCUT2D eigenvalue weighted by molar-refractivity contribution is 7.89. The quantitative estimate of drug-likeness (QED) is 0.745. The lowest BCUT2D eigenvalue weighted by Gasteiger charge is -2.04. The zero-order valence-corrected chi connectivity index (χ0v) is 14.6. The summed E-state index contributed by atoms with van der Waals surface area (Å²) in [5.74, 6) is 0.660. The molecule has 0 unspecified atom stereocenters. The Kier molecular flexibility index (Phi) is 4.45. The first-order valence-corrected chi connectivity index (χ1v) is 9.29. The van der Waals surface area contributed by atoms with Gasteiger partial charge in [-0.25, -0.2) is 22.9 Å². The SMILES string of the molecule is CC(C)c1nc(-c2ccc(S(N)(=O)=O)cc2)c(-c2ccc(F)cc2)[nH]1. The van der Waals surface area contributed by atoms with Crippen LogP contribution in [0.25, 0.3) is 22.5 Å². The molecule has 0 bridgehead atoms. The molecule has 0 saturated carbocycles. The normalized spacial score (nSPS) is 11.9. The van der Waals surface area contributed by atoms with Crippen molar-refractivity contribution in [1.82, 2.24) is 9.97 Å². The third-order valence-corrected chi connectivity index (χ3v) is 4.79. The summed E-state index contributed by atoms with van der Waals surface area (Å²) in [6.07, 6.45) is 0. The number of nitrogens with one attached hydrogen (secondary N) is 1. The van der Waals surface area contributed by atoms with Gasteiger partial charge in [0.05, 0.1) is 16.3 Å². The monoisotopic (exact) mass is 359 g/mol. The second kappa shape index (κ2) is 6.42. The highest BCUT2D eigenvalue weighted by Gasteiger charge is 2.17. The summed E-state index contributed by atoms with van der Waals surface area (Å²) in [5, 5.41) is 5.14. The molecule has 0 aliphatic carbocycles. The second-order valence-electron chi connectivity index (χ2n) is 6.08. The molecule has 0 aliphatic rings. The molecule has 3 rings (SSSR count). The molecular weight excluding hydrogens is 341 g/mol. The largest absolute Gasteiger partial charge is 0.341 e. The van der Waals surface area contributed by atoms with Gasteiger partial charge in [0.25, 0.3) is 0 Å². The Morgan fingerprint density at radius 3 is 2.08 bits per heavy atom. The van der Waals surface area contributed by atoms with Crippen molar-refractivity contribution >= 4 is 10.0 Å². The minimum absolute atomic E-state index is 0.0409. The maximum absolute atomic E-state index is 13.2. The molecule has 0 amide bonds. The summed E-state index contributed by atoms with van der Waals surface area (Å²) >= 11 is 0. The molecule has 0 aliphatic heterocycles. The zero-order chi connectivity index (χ0) is 18.2. The third-order valence-electron chi connectivity index (χ3n) is 3.86. The number of aromatic amines is 1. The van der Waals surface area contributed by atoms with E-state index in [1.54, 1.807) is 24.3 Å². The molecule has 3 N–H and O–H groups in total. The average molecular weight is 359 g/mol. The fourth-order valence-corrected chi connectivity index (χ4v) is 3.02.